The van der Waals surface area contributed by atoms with Crippen LogP contribution in [-0.4, -0.2) is 64.6 Å². The summed E-state index contributed by atoms with van der Waals surface area (Å²) >= 11 is 1.26. The first kappa shape index (κ1) is 26.4. The Labute approximate surface area is 207 Å². The van der Waals surface area contributed by atoms with E-state index in [1.54, 1.807) is 0 Å². The lowest BCUT2D eigenvalue weighted by atomic mass is 10.0. The molecule has 3 aromatic rings. The molecule has 3 rings (SSSR count). The third-order valence-electron chi connectivity index (χ3n) is 6.16. The van der Waals surface area contributed by atoms with Crippen molar-refractivity contribution in [3.8, 4) is 0 Å². The lowest BCUT2D eigenvalue weighted by Crippen LogP contribution is -2.24. The number of benzene rings is 1. The van der Waals surface area contributed by atoms with Gasteiger partial charge >= 0.3 is 0 Å². The number of carbonyl (C=O) groups is 1. The second kappa shape index (κ2) is 13.7. The van der Waals surface area contributed by atoms with E-state index in [-0.39, 0.29) is 5.12 Å². The number of likely N-dealkylation sites (N-methyl/N-ethyl adjacent to an activating group) is 1. The number of nitrogens with two attached hydrogens (primary N) is 1. The average molecular weight is 486 g/mol. The third-order valence-corrected chi connectivity index (χ3v) is 6.82. The van der Waals surface area contributed by atoms with E-state index < -0.39 is 0 Å². The molecule has 0 bridgehead atoms. The number of aromatic nitrogens is 3. The van der Waals surface area contributed by atoms with Crippen molar-refractivity contribution < 1.29 is 9.53 Å². The van der Waals surface area contributed by atoms with Crippen molar-refractivity contribution in [3.63, 3.8) is 0 Å². The van der Waals surface area contributed by atoms with E-state index in [4.69, 9.17) is 15.5 Å². The molecule has 0 saturated heterocycles. The van der Waals surface area contributed by atoms with Crippen molar-refractivity contribution in [1.29, 1.82) is 0 Å². The van der Waals surface area contributed by atoms with Gasteiger partial charge in [-0.3, -0.25) is 4.79 Å². The van der Waals surface area contributed by atoms with Gasteiger partial charge in [-0.2, -0.15) is 0 Å². The fraction of sp³-hybridized carbons (Fsp3) is 0.577. The van der Waals surface area contributed by atoms with Crippen LogP contribution in [0.25, 0.3) is 21.9 Å². The zero-order valence-electron chi connectivity index (χ0n) is 20.9. The Hall–Kier alpha value is -2.16. The Balaban J connectivity index is 1.50. The number of thioether (sulfide) groups is 1. The van der Waals surface area contributed by atoms with E-state index in [1.165, 1.54) is 17.3 Å². The molecule has 0 radical (unpaired) electrons. The zero-order valence-corrected chi connectivity index (χ0v) is 21.7. The van der Waals surface area contributed by atoms with E-state index in [0.29, 0.717) is 25.5 Å². The van der Waals surface area contributed by atoms with E-state index in [2.05, 4.69) is 41.0 Å². The number of unbranched alkanes of at least 4 members (excludes halogenated alkanes) is 3. The molecular formula is C26H39N5O2S. The summed E-state index contributed by atoms with van der Waals surface area (Å²) in [5, 5.41) is 1.32. The number of hydrogen-bond acceptors (Lipinski definition) is 7. The average Bonchev–Trinajstić information content (AvgIpc) is 3.27. The van der Waals surface area contributed by atoms with Crippen LogP contribution in [0.3, 0.4) is 0 Å². The van der Waals surface area contributed by atoms with Crippen molar-refractivity contribution in [2.45, 2.75) is 58.3 Å². The number of nitrogens with zero attached hydrogens (tertiary/aromatic N) is 3. The van der Waals surface area contributed by atoms with Gasteiger partial charge < -0.3 is 20.4 Å². The van der Waals surface area contributed by atoms with E-state index in [9.17, 15) is 4.79 Å². The van der Waals surface area contributed by atoms with Gasteiger partial charge in [0.05, 0.1) is 18.7 Å². The quantitative estimate of drug-likeness (QED) is 0.293. The normalized spacial score (nSPS) is 11.8. The minimum atomic E-state index is 0.184. The van der Waals surface area contributed by atoms with Crippen LogP contribution >= 0.6 is 11.8 Å². The highest BCUT2D eigenvalue weighted by atomic mass is 32.2. The molecule has 3 N–H and O–H groups in total. The number of hydrogen-bond donors (Lipinski definition) is 2. The van der Waals surface area contributed by atoms with Crippen molar-refractivity contribution in [2.24, 2.45) is 0 Å². The standard InChI is InChI=1S/C26H39N5O2S/c1-4-5-13-21-29-24-23-19(11-9-12-20(23)28-26(27)25(24)30-21)10-7-6-8-15-31(2)16-18-33-17-14-22(32)34-3/h9,11-12H,4-8,10,13-18H2,1-3H3,(H2,27,28)(H,29,30). The van der Waals surface area contributed by atoms with Gasteiger partial charge in [-0.25, -0.2) is 9.97 Å². The predicted molar refractivity (Wildman–Crippen MR) is 143 cm³/mol. The molecule has 0 fully saturated rings. The van der Waals surface area contributed by atoms with Gasteiger partial charge in [0.15, 0.2) is 5.12 Å². The summed E-state index contributed by atoms with van der Waals surface area (Å²) < 4.78 is 5.57. The molecule has 8 heteroatoms. The molecule has 0 spiro atoms. The predicted octanol–water partition coefficient (Wildman–Crippen LogP) is 4.98. The number of aromatic amines is 1. The smallest absolute Gasteiger partial charge is 0.190 e. The third kappa shape index (κ3) is 7.42. The van der Waals surface area contributed by atoms with Crippen LogP contribution in [0.5, 0.6) is 0 Å². The van der Waals surface area contributed by atoms with Crippen LogP contribution in [0.1, 0.15) is 56.8 Å². The fourth-order valence-electron chi connectivity index (χ4n) is 4.16. The highest BCUT2D eigenvalue weighted by Crippen LogP contribution is 2.30. The molecule has 34 heavy (non-hydrogen) atoms. The summed E-state index contributed by atoms with van der Waals surface area (Å²) in [4.78, 5) is 26.5. The molecule has 2 aromatic heterocycles. The van der Waals surface area contributed by atoms with Gasteiger partial charge in [-0.1, -0.05) is 43.7 Å². The highest BCUT2D eigenvalue weighted by molar-refractivity contribution is 8.13. The lowest BCUT2D eigenvalue weighted by Gasteiger charge is -2.16. The maximum atomic E-state index is 11.3. The molecule has 186 valence electrons. The molecular weight excluding hydrogens is 446 g/mol. The van der Waals surface area contributed by atoms with Crippen molar-refractivity contribution in [1.82, 2.24) is 19.9 Å². The molecule has 0 amide bonds. The number of anilines is 1. The number of aryl methyl sites for hydroxylation is 2. The fourth-order valence-corrected chi connectivity index (χ4v) is 4.45. The number of rotatable bonds is 15. The van der Waals surface area contributed by atoms with Gasteiger partial charge in [0.2, 0.25) is 0 Å². The van der Waals surface area contributed by atoms with Crippen LogP contribution in [-0.2, 0) is 22.4 Å². The van der Waals surface area contributed by atoms with Gasteiger partial charge in [0, 0.05) is 24.8 Å². The molecule has 1 aromatic carbocycles. The number of nitrogen functional groups attached to an aromatic ring is 1. The topological polar surface area (TPSA) is 97.1 Å². The van der Waals surface area contributed by atoms with Crippen LogP contribution in [0.4, 0.5) is 5.82 Å². The molecule has 7 nitrogen and oxygen atoms in total. The van der Waals surface area contributed by atoms with E-state index >= 15 is 0 Å². The highest BCUT2D eigenvalue weighted by Gasteiger charge is 2.14. The summed E-state index contributed by atoms with van der Waals surface area (Å²) in [7, 11) is 2.13. The molecule has 0 aliphatic heterocycles. The van der Waals surface area contributed by atoms with Crippen LogP contribution < -0.4 is 5.73 Å². The molecule has 0 atom stereocenters. The Morgan fingerprint density at radius 2 is 1.97 bits per heavy atom. The lowest BCUT2D eigenvalue weighted by molar-refractivity contribution is -0.111. The Morgan fingerprint density at radius 3 is 2.76 bits per heavy atom. The van der Waals surface area contributed by atoms with Gasteiger partial charge in [0.25, 0.3) is 0 Å². The maximum absolute atomic E-state index is 11.3. The minimum Gasteiger partial charge on any atom is -0.382 e. The maximum Gasteiger partial charge on any atom is 0.190 e. The monoisotopic (exact) mass is 485 g/mol. The number of nitrogens with one attached hydrogen (secondary N) is 1. The summed E-state index contributed by atoms with van der Waals surface area (Å²) in [6.45, 7) is 5.31. The number of H-pyrrole nitrogens is 1. The molecule has 0 aliphatic carbocycles. The van der Waals surface area contributed by atoms with Crippen molar-refractivity contribution in [3.05, 3.63) is 29.6 Å². The number of pyridine rings is 1. The summed E-state index contributed by atoms with van der Waals surface area (Å²) in [5.41, 5.74) is 10.3. The zero-order chi connectivity index (χ0) is 24.3. The van der Waals surface area contributed by atoms with E-state index in [1.807, 2.05) is 12.3 Å². The summed E-state index contributed by atoms with van der Waals surface area (Å²) in [6, 6.07) is 6.30. The second-order valence-electron chi connectivity index (χ2n) is 8.87. The summed E-state index contributed by atoms with van der Waals surface area (Å²) in [5.74, 6) is 1.52. The largest absolute Gasteiger partial charge is 0.382 e. The van der Waals surface area contributed by atoms with Crippen molar-refractivity contribution in [2.75, 3.05) is 45.3 Å². The van der Waals surface area contributed by atoms with Crippen LogP contribution in [0.15, 0.2) is 18.2 Å². The number of carbonyl (C=O) groups excluding carboxylic acids is 1. The van der Waals surface area contributed by atoms with Crippen molar-refractivity contribution >= 4 is 44.6 Å². The first-order chi connectivity index (χ1) is 16.5. The first-order valence-electron chi connectivity index (χ1n) is 12.4. The number of fused-ring (bicyclic) bond motifs is 3. The summed E-state index contributed by atoms with van der Waals surface area (Å²) in [6.07, 6.45) is 9.92. The van der Waals surface area contributed by atoms with Crippen LogP contribution in [0, 0.1) is 0 Å². The molecule has 0 saturated carbocycles. The SMILES string of the molecule is CCCCc1nc2c([nH]1)c(N)nc1cccc(CCCCCN(C)CCOCCC(=O)SC)c12. The molecule has 2 heterocycles. The molecule has 0 unspecified atom stereocenters. The first-order valence-corrected chi connectivity index (χ1v) is 13.6. The number of ether oxygens (including phenoxy) is 1. The minimum absolute atomic E-state index is 0.184. The van der Waals surface area contributed by atoms with E-state index in [0.717, 1.165) is 85.8 Å². The number of imidazole rings is 1. The van der Waals surface area contributed by atoms with Gasteiger partial charge in [0.1, 0.15) is 22.7 Å². The van der Waals surface area contributed by atoms with Gasteiger partial charge in [-0.05, 0) is 57.2 Å². The Morgan fingerprint density at radius 1 is 1.12 bits per heavy atom. The van der Waals surface area contributed by atoms with Crippen LogP contribution in [0.2, 0.25) is 0 Å². The van der Waals surface area contributed by atoms with Gasteiger partial charge in [-0.15, -0.1) is 0 Å². The Kier molecular flexibility index (Phi) is 10.6. The Bertz CT molecular complexity index is 1070. The molecule has 0 aliphatic rings. The second-order valence-corrected chi connectivity index (χ2v) is 9.73.